The van der Waals surface area contributed by atoms with Crippen molar-refractivity contribution in [1.82, 2.24) is 10.2 Å². The fourth-order valence-corrected chi connectivity index (χ4v) is 4.90. The summed E-state index contributed by atoms with van der Waals surface area (Å²) < 4.78 is 5.03. The number of carbonyl (C=O) groups excluding carboxylic acids is 2. The number of rotatable bonds is 6. The number of nitro groups is 1. The number of aromatic nitrogens is 2. The van der Waals surface area contributed by atoms with Gasteiger partial charge in [-0.25, -0.2) is 4.79 Å². The third-order valence-corrected chi connectivity index (χ3v) is 6.50. The number of nitrogens with one attached hydrogen (secondary N) is 1. The van der Waals surface area contributed by atoms with Gasteiger partial charge in [0.25, 0.3) is 11.6 Å². The van der Waals surface area contributed by atoms with Crippen LogP contribution in [0.2, 0.25) is 0 Å². The van der Waals surface area contributed by atoms with Gasteiger partial charge in [-0.3, -0.25) is 24.9 Å². The van der Waals surface area contributed by atoms with Crippen molar-refractivity contribution < 1.29 is 19.2 Å². The number of anilines is 1. The Morgan fingerprint density at radius 2 is 1.94 bits per heavy atom. The van der Waals surface area contributed by atoms with Gasteiger partial charge in [-0.15, -0.1) is 11.3 Å². The molecule has 9 nitrogen and oxygen atoms in total. The first-order valence-electron chi connectivity index (χ1n) is 10.5. The molecule has 1 N–H and O–H groups in total. The van der Waals surface area contributed by atoms with E-state index in [2.05, 4.69) is 10.2 Å². The van der Waals surface area contributed by atoms with E-state index in [4.69, 9.17) is 4.74 Å². The molecule has 0 saturated heterocycles. The molecule has 0 radical (unpaired) electrons. The van der Waals surface area contributed by atoms with Gasteiger partial charge in [-0.2, -0.15) is 5.10 Å². The molecule has 0 bridgehead atoms. The van der Waals surface area contributed by atoms with Crippen molar-refractivity contribution in [3.63, 3.8) is 0 Å². The van der Waals surface area contributed by atoms with Gasteiger partial charge in [0.05, 0.1) is 39.3 Å². The highest BCUT2D eigenvalue weighted by atomic mass is 32.1. The lowest BCUT2D eigenvalue weighted by molar-refractivity contribution is -0.385. The van der Waals surface area contributed by atoms with Gasteiger partial charge in [0, 0.05) is 17.3 Å². The molecule has 0 saturated carbocycles. The largest absolute Gasteiger partial charge is 0.462 e. The van der Waals surface area contributed by atoms with Gasteiger partial charge in [0.15, 0.2) is 5.69 Å². The summed E-state index contributed by atoms with van der Waals surface area (Å²) in [5, 5.41) is 21.0. The van der Waals surface area contributed by atoms with E-state index in [1.807, 2.05) is 17.5 Å². The number of H-pyrrole nitrogens is 1. The Hall–Kier alpha value is -4.31. The minimum absolute atomic E-state index is 0.0976. The Morgan fingerprint density at radius 1 is 1.18 bits per heavy atom. The molecule has 1 amide bonds. The Kier molecular flexibility index (Phi) is 5.42. The second-order valence-corrected chi connectivity index (χ2v) is 8.45. The predicted octanol–water partition coefficient (Wildman–Crippen LogP) is 4.97. The molecule has 10 heteroatoms. The average Bonchev–Trinajstić information content (AvgIpc) is 3.57. The van der Waals surface area contributed by atoms with Crippen molar-refractivity contribution in [3.8, 4) is 10.6 Å². The molecule has 1 aliphatic heterocycles. The number of hydrogen-bond donors (Lipinski definition) is 1. The topological polar surface area (TPSA) is 118 Å². The van der Waals surface area contributed by atoms with Gasteiger partial charge in [0.2, 0.25) is 0 Å². The monoisotopic (exact) mass is 474 g/mol. The van der Waals surface area contributed by atoms with E-state index in [1.54, 1.807) is 49.4 Å². The highest BCUT2D eigenvalue weighted by Gasteiger charge is 2.45. The van der Waals surface area contributed by atoms with Gasteiger partial charge in [-0.05, 0) is 48.7 Å². The molecule has 2 aromatic heterocycles. The summed E-state index contributed by atoms with van der Waals surface area (Å²) in [6, 6.07) is 15.8. The number of esters is 1. The molecular formula is C24H18N4O5S. The summed E-state index contributed by atoms with van der Waals surface area (Å²) in [5.74, 6) is -0.855. The molecule has 170 valence electrons. The molecule has 34 heavy (non-hydrogen) atoms. The number of fused-ring (bicyclic) bond motifs is 1. The quantitative estimate of drug-likeness (QED) is 0.239. The number of nitrogens with zero attached hydrogens (tertiary/aromatic N) is 3. The Bertz CT molecular complexity index is 1400. The predicted molar refractivity (Wildman–Crippen MR) is 126 cm³/mol. The highest BCUT2D eigenvalue weighted by molar-refractivity contribution is 7.13. The SMILES string of the molecule is CCOC(=O)c1ccc(N2C(=O)c3n[nH]c(-c4cccs4)c3[C@@H]2c2ccccc2[N+](=O)[O-])cc1. The smallest absolute Gasteiger partial charge is 0.338 e. The fourth-order valence-electron chi connectivity index (χ4n) is 4.17. The minimum Gasteiger partial charge on any atom is -0.462 e. The molecule has 0 unspecified atom stereocenters. The third kappa shape index (κ3) is 3.44. The van der Waals surface area contributed by atoms with Crippen molar-refractivity contribution in [2.24, 2.45) is 0 Å². The number of benzene rings is 2. The van der Waals surface area contributed by atoms with E-state index in [1.165, 1.54) is 22.3 Å². The van der Waals surface area contributed by atoms with E-state index in [0.29, 0.717) is 28.1 Å². The first-order valence-corrected chi connectivity index (χ1v) is 11.4. The van der Waals surface area contributed by atoms with Crippen LogP contribution in [0.3, 0.4) is 0 Å². The molecule has 0 fully saturated rings. The van der Waals surface area contributed by atoms with Crippen molar-refractivity contribution >= 4 is 34.6 Å². The molecule has 1 atom stereocenters. The number of thiophene rings is 1. The Labute approximate surface area is 197 Å². The third-order valence-electron chi connectivity index (χ3n) is 5.61. The molecule has 3 heterocycles. The number of aromatic amines is 1. The maximum absolute atomic E-state index is 13.6. The molecule has 0 spiro atoms. The Morgan fingerprint density at radius 3 is 2.62 bits per heavy atom. The number of ether oxygens (including phenoxy) is 1. The van der Waals surface area contributed by atoms with Crippen LogP contribution in [0.15, 0.2) is 66.0 Å². The van der Waals surface area contributed by atoms with Crippen LogP contribution in [-0.4, -0.2) is 33.6 Å². The zero-order valence-corrected chi connectivity index (χ0v) is 18.7. The van der Waals surface area contributed by atoms with Crippen LogP contribution in [0, 0.1) is 10.1 Å². The number of carbonyl (C=O) groups is 2. The van der Waals surface area contributed by atoms with Crippen LogP contribution in [0.1, 0.15) is 44.9 Å². The highest BCUT2D eigenvalue weighted by Crippen LogP contribution is 2.47. The summed E-state index contributed by atoms with van der Waals surface area (Å²) >= 11 is 1.48. The number of hydrogen-bond acceptors (Lipinski definition) is 7. The molecule has 1 aliphatic rings. The van der Waals surface area contributed by atoms with Gasteiger partial charge in [-0.1, -0.05) is 18.2 Å². The van der Waals surface area contributed by atoms with E-state index in [9.17, 15) is 19.7 Å². The van der Waals surface area contributed by atoms with E-state index in [-0.39, 0.29) is 23.9 Å². The number of nitro benzene ring substituents is 1. The van der Waals surface area contributed by atoms with Crippen LogP contribution >= 0.6 is 11.3 Å². The Balaban J connectivity index is 1.68. The first kappa shape index (κ1) is 21.5. The second-order valence-electron chi connectivity index (χ2n) is 7.50. The van der Waals surface area contributed by atoms with Crippen LogP contribution in [0.5, 0.6) is 0 Å². The fraction of sp³-hybridized carbons (Fsp3) is 0.125. The number of para-hydroxylation sites is 1. The summed E-state index contributed by atoms with van der Waals surface area (Å²) in [7, 11) is 0. The van der Waals surface area contributed by atoms with Gasteiger partial charge < -0.3 is 4.74 Å². The summed E-state index contributed by atoms with van der Waals surface area (Å²) in [6.45, 7) is 1.97. The van der Waals surface area contributed by atoms with Crippen LogP contribution < -0.4 is 4.90 Å². The van der Waals surface area contributed by atoms with Gasteiger partial charge >= 0.3 is 5.97 Å². The zero-order chi connectivity index (χ0) is 23.8. The molecule has 5 rings (SSSR count). The van der Waals surface area contributed by atoms with Crippen molar-refractivity contribution in [3.05, 3.63) is 98.5 Å². The van der Waals surface area contributed by atoms with E-state index in [0.717, 1.165) is 4.88 Å². The first-order chi connectivity index (χ1) is 16.5. The molecular weight excluding hydrogens is 456 g/mol. The summed E-state index contributed by atoms with van der Waals surface area (Å²) in [6.07, 6.45) is 0. The van der Waals surface area contributed by atoms with Gasteiger partial charge in [0.1, 0.15) is 0 Å². The number of amides is 1. The minimum atomic E-state index is -0.784. The average molecular weight is 474 g/mol. The molecule has 0 aliphatic carbocycles. The summed E-state index contributed by atoms with van der Waals surface area (Å²) in [4.78, 5) is 39.4. The van der Waals surface area contributed by atoms with E-state index < -0.39 is 16.9 Å². The van der Waals surface area contributed by atoms with Crippen LogP contribution in [0.25, 0.3) is 10.6 Å². The van der Waals surface area contributed by atoms with Crippen LogP contribution in [-0.2, 0) is 4.74 Å². The molecule has 2 aromatic carbocycles. The van der Waals surface area contributed by atoms with Crippen molar-refractivity contribution in [1.29, 1.82) is 0 Å². The second kappa shape index (κ2) is 8.56. The van der Waals surface area contributed by atoms with E-state index >= 15 is 0 Å². The van der Waals surface area contributed by atoms with Crippen molar-refractivity contribution in [2.45, 2.75) is 13.0 Å². The molecule has 4 aromatic rings. The zero-order valence-electron chi connectivity index (χ0n) is 17.9. The van der Waals surface area contributed by atoms with Crippen molar-refractivity contribution in [2.75, 3.05) is 11.5 Å². The standard InChI is InChI=1S/C24H18N4O5S/c1-2-33-24(30)14-9-11-15(12-10-14)27-22(16-6-3-4-7-17(16)28(31)32)19-20(18-8-5-13-34-18)25-26-21(19)23(27)29/h3-13,22H,2H2,1H3,(H,25,26)/t22-/m0/s1. The maximum atomic E-state index is 13.6. The van der Waals surface area contributed by atoms with Crippen LogP contribution in [0.4, 0.5) is 11.4 Å². The normalized spacial score (nSPS) is 14.8. The lowest BCUT2D eigenvalue weighted by atomic mass is 9.96. The lowest BCUT2D eigenvalue weighted by Gasteiger charge is -2.26. The summed E-state index contributed by atoms with van der Waals surface area (Å²) in [5.41, 5.74) is 2.53. The maximum Gasteiger partial charge on any atom is 0.338 e. The lowest BCUT2D eigenvalue weighted by Crippen LogP contribution is -2.29.